The van der Waals surface area contributed by atoms with Crippen LogP contribution in [-0.4, -0.2) is 36.9 Å². The number of para-hydroxylation sites is 1. The number of anilines is 1. The molecule has 2 aliphatic rings. The lowest BCUT2D eigenvalue weighted by Gasteiger charge is -2.26. The molecule has 0 N–H and O–H groups in total. The summed E-state index contributed by atoms with van der Waals surface area (Å²) in [5.41, 5.74) is 4.31. The van der Waals surface area contributed by atoms with Gasteiger partial charge in [0, 0.05) is 12.2 Å². The minimum Gasteiger partial charge on any atom is -0.368 e. The molecule has 38 heavy (non-hydrogen) atoms. The molecule has 4 atom stereocenters. The third kappa shape index (κ3) is 6.60. The molecule has 2 heterocycles. The summed E-state index contributed by atoms with van der Waals surface area (Å²) in [6.45, 7) is 7.99. The molecule has 0 unspecified atom stereocenters. The summed E-state index contributed by atoms with van der Waals surface area (Å²) in [5.74, 6) is -0.00475. The van der Waals surface area contributed by atoms with Gasteiger partial charge in [0.15, 0.2) is 6.10 Å². The van der Waals surface area contributed by atoms with E-state index in [2.05, 4.69) is 51.1 Å². The van der Waals surface area contributed by atoms with Crippen molar-refractivity contribution < 1.29 is 19.0 Å². The standard InChI is InChI=1S/C33H37NO4/c1-33(2,3)20-18-28(36-22-24-12-6-4-7-13-24)29(37-23-25-14-8-5-9-15-25)30-31(38-30)32(35)34-21-19-26-16-10-11-17-27(26)34/h4-18,20,28-31H,19,21-23H2,1-3H3/b20-18+/t28-,29+,30-,31+/m1/s1. The molecule has 3 aromatic rings. The average Bonchev–Trinajstić information content (AvgIpc) is 3.60. The Morgan fingerprint density at radius 2 is 1.53 bits per heavy atom. The Labute approximate surface area is 226 Å². The molecular formula is C33H37NO4. The number of benzene rings is 3. The molecular weight excluding hydrogens is 474 g/mol. The highest BCUT2D eigenvalue weighted by atomic mass is 16.6. The van der Waals surface area contributed by atoms with Crippen LogP contribution in [0, 0.1) is 5.41 Å². The first-order valence-corrected chi connectivity index (χ1v) is 13.4. The molecule has 0 aromatic heterocycles. The minimum atomic E-state index is -0.548. The number of carbonyl (C=O) groups excluding carboxylic acids is 1. The SMILES string of the molecule is CC(C)(C)/C=C/[C@@H](OCc1ccccc1)[C@H](OCc1ccccc1)[C@H]1O[C@@H]1C(=O)N1CCc2ccccc21. The second kappa shape index (κ2) is 11.6. The van der Waals surface area contributed by atoms with Crippen LogP contribution in [0.5, 0.6) is 0 Å². The smallest absolute Gasteiger partial charge is 0.258 e. The minimum absolute atomic E-state index is 0.00475. The number of hydrogen-bond donors (Lipinski definition) is 0. The maximum absolute atomic E-state index is 13.6. The summed E-state index contributed by atoms with van der Waals surface area (Å²) in [7, 11) is 0. The Morgan fingerprint density at radius 1 is 0.921 bits per heavy atom. The molecule has 0 aliphatic carbocycles. The Balaban J connectivity index is 1.37. The quantitative estimate of drug-likeness (QED) is 0.243. The Morgan fingerprint density at radius 3 is 2.18 bits per heavy atom. The fraction of sp³-hybridized carbons (Fsp3) is 0.364. The lowest BCUT2D eigenvalue weighted by molar-refractivity contribution is -0.119. The van der Waals surface area contributed by atoms with Crippen LogP contribution in [0.1, 0.15) is 37.5 Å². The van der Waals surface area contributed by atoms with E-state index in [0.717, 1.165) is 23.2 Å². The Bertz CT molecular complexity index is 1230. The molecule has 0 saturated carbocycles. The summed E-state index contributed by atoms with van der Waals surface area (Å²) in [6, 6.07) is 28.3. The normalized spacial score (nSPS) is 20.3. The van der Waals surface area contributed by atoms with E-state index in [4.69, 9.17) is 14.2 Å². The van der Waals surface area contributed by atoms with Crippen LogP contribution in [0.15, 0.2) is 97.1 Å². The van der Waals surface area contributed by atoms with Crippen LogP contribution in [0.4, 0.5) is 5.69 Å². The first-order chi connectivity index (χ1) is 18.4. The molecule has 1 saturated heterocycles. The zero-order valence-electron chi connectivity index (χ0n) is 22.5. The Hall–Kier alpha value is -3.25. The monoisotopic (exact) mass is 511 g/mol. The van der Waals surface area contributed by atoms with E-state index >= 15 is 0 Å². The van der Waals surface area contributed by atoms with Crippen molar-refractivity contribution in [2.24, 2.45) is 5.41 Å². The fourth-order valence-electron chi connectivity index (χ4n) is 4.85. The van der Waals surface area contributed by atoms with Gasteiger partial charge in [-0.05, 0) is 34.6 Å². The highest BCUT2D eigenvalue weighted by Gasteiger charge is 2.54. The number of fused-ring (bicyclic) bond motifs is 1. The van der Waals surface area contributed by atoms with Crippen molar-refractivity contribution in [1.29, 1.82) is 0 Å². The topological polar surface area (TPSA) is 51.3 Å². The van der Waals surface area contributed by atoms with Crippen molar-refractivity contribution in [2.45, 2.75) is 64.8 Å². The van der Waals surface area contributed by atoms with Crippen molar-refractivity contribution in [3.63, 3.8) is 0 Å². The lowest BCUT2D eigenvalue weighted by Crippen LogP contribution is -2.40. The van der Waals surface area contributed by atoms with Gasteiger partial charge in [-0.25, -0.2) is 0 Å². The highest BCUT2D eigenvalue weighted by Crippen LogP contribution is 2.37. The maximum atomic E-state index is 13.6. The lowest BCUT2D eigenvalue weighted by atomic mass is 9.94. The maximum Gasteiger partial charge on any atom is 0.258 e. The van der Waals surface area contributed by atoms with E-state index < -0.39 is 12.2 Å². The van der Waals surface area contributed by atoms with Gasteiger partial charge in [0.1, 0.15) is 18.3 Å². The number of nitrogens with zero attached hydrogens (tertiary/aromatic N) is 1. The number of allylic oxidation sites excluding steroid dienone is 1. The van der Waals surface area contributed by atoms with Crippen molar-refractivity contribution >= 4 is 11.6 Å². The molecule has 5 heteroatoms. The van der Waals surface area contributed by atoms with Gasteiger partial charge >= 0.3 is 0 Å². The van der Waals surface area contributed by atoms with Gasteiger partial charge in [-0.2, -0.15) is 0 Å². The predicted molar refractivity (Wildman–Crippen MR) is 150 cm³/mol. The van der Waals surface area contributed by atoms with E-state index in [1.54, 1.807) is 0 Å². The number of hydrogen-bond acceptors (Lipinski definition) is 4. The fourth-order valence-corrected chi connectivity index (χ4v) is 4.85. The van der Waals surface area contributed by atoms with E-state index in [0.29, 0.717) is 19.8 Å². The second-order valence-corrected chi connectivity index (χ2v) is 11.1. The second-order valence-electron chi connectivity index (χ2n) is 11.1. The number of carbonyl (C=O) groups is 1. The molecule has 2 aliphatic heterocycles. The van der Waals surface area contributed by atoms with Gasteiger partial charge in [-0.3, -0.25) is 4.79 Å². The molecule has 5 rings (SSSR count). The van der Waals surface area contributed by atoms with Crippen LogP contribution in [-0.2, 0) is 38.6 Å². The van der Waals surface area contributed by atoms with E-state index in [9.17, 15) is 4.79 Å². The molecule has 0 bridgehead atoms. The Kier molecular flexibility index (Phi) is 8.08. The van der Waals surface area contributed by atoms with E-state index in [-0.39, 0.29) is 23.5 Å². The zero-order chi connectivity index (χ0) is 26.5. The molecule has 0 radical (unpaired) electrons. The molecule has 198 valence electrons. The van der Waals surface area contributed by atoms with Crippen LogP contribution in [0.25, 0.3) is 0 Å². The van der Waals surface area contributed by atoms with Gasteiger partial charge in [-0.1, -0.05) is 112 Å². The van der Waals surface area contributed by atoms with Crippen molar-refractivity contribution in [1.82, 2.24) is 0 Å². The average molecular weight is 512 g/mol. The number of ether oxygens (including phenoxy) is 3. The van der Waals surface area contributed by atoms with E-state index in [1.165, 1.54) is 5.56 Å². The summed E-state index contributed by atoms with van der Waals surface area (Å²) in [4.78, 5) is 15.4. The number of epoxide rings is 1. The van der Waals surface area contributed by atoms with Crippen LogP contribution in [0.3, 0.4) is 0 Å². The highest BCUT2D eigenvalue weighted by molar-refractivity contribution is 6.00. The first kappa shape index (κ1) is 26.4. The van der Waals surface area contributed by atoms with Crippen LogP contribution >= 0.6 is 0 Å². The van der Waals surface area contributed by atoms with Crippen LogP contribution in [0.2, 0.25) is 0 Å². The van der Waals surface area contributed by atoms with Crippen molar-refractivity contribution in [3.8, 4) is 0 Å². The summed E-state index contributed by atoms with van der Waals surface area (Å²) in [5, 5.41) is 0. The third-order valence-electron chi connectivity index (χ3n) is 6.93. The summed E-state index contributed by atoms with van der Waals surface area (Å²) < 4.78 is 19.1. The molecule has 5 nitrogen and oxygen atoms in total. The predicted octanol–water partition coefficient (Wildman–Crippen LogP) is 6.12. The number of rotatable bonds is 10. The van der Waals surface area contributed by atoms with Gasteiger partial charge < -0.3 is 19.1 Å². The molecule has 1 amide bonds. The first-order valence-electron chi connectivity index (χ1n) is 13.4. The molecule has 3 aromatic carbocycles. The van der Waals surface area contributed by atoms with Crippen molar-refractivity contribution in [2.75, 3.05) is 11.4 Å². The molecule has 0 spiro atoms. The van der Waals surface area contributed by atoms with E-state index in [1.807, 2.05) is 71.6 Å². The number of amides is 1. The van der Waals surface area contributed by atoms with Gasteiger partial charge in [0.25, 0.3) is 5.91 Å². The largest absolute Gasteiger partial charge is 0.368 e. The summed E-state index contributed by atoms with van der Waals surface area (Å²) >= 11 is 0. The van der Waals surface area contributed by atoms with Crippen LogP contribution < -0.4 is 4.90 Å². The zero-order valence-corrected chi connectivity index (χ0v) is 22.5. The van der Waals surface area contributed by atoms with Gasteiger partial charge in [0.05, 0.1) is 13.2 Å². The third-order valence-corrected chi connectivity index (χ3v) is 6.93. The van der Waals surface area contributed by atoms with Gasteiger partial charge in [0.2, 0.25) is 0 Å². The van der Waals surface area contributed by atoms with Gasteiger partial charge in [-0.15, -0.1) is 0 Å². The molecule has 1 fully saturated rings. The van der Waals surface area contributed by atoms with Crippen molar-refractivity contribution in [3.05, 3.63) is 114 Å². The summed E-state index contributed by atoms with van der Waals surface area (Å²) in [6.07, 6.45) is 3.34.